The van der Waals surface area contributed by atoms with E-state index in [2.05, 4.69) is 5.32 Å². The Morgan fingerprint density at radius 2 is 2.06 bits per heavy atom. The quantitative estimate of drug-likeness (QED) is 0.879. The zero-order valence-corrected chi connectivity index (χ0v) is 9.60. The van der Waals surface area contributed by atoms with Gasteiger partial charge in [-0.05, 0) is 30.7 Å². The minimum Gasteiger partial charge on any atom is -0.545 e. The molecule has 0 saturated heterocycles. The molecule has 5 heteroatoms. The van der Waals surface area contributed by atoms with Crippen molar-refractivity contribution in [2.45, 2.75) is 6.92 Å². The van der Waals surface area contributed by atoms with Crippen molar-refractivity contribution in [3.63, 3.8) is 0 Å². The van der Waals surface area contributed by atoms with Crippen LogP contribution in [-0.4, -0.2) is 11.9 Å². The van der Waals surface area contributed by atoms with E-state index < -0.39 is 5.97 Å². The number of aryl methyl sites for hydroxylation is 1. The van der Waals surface area contributed by atoms with Crippen LogP contribution in [0.25, 0.3) is 0 Å². The summed E-state index contributed by atoms with van der Waals surface area (Å²) in [6.07, 6.45) is 1.42. The molecule has 0 spiro atoms. The average Bonchev–Trinajstić information content (AvgIpc) is 2.76. The number of carboxylic acid groups (broad SMARTS) is 1. The molecule has 5 nitrogen and oxygen atoms in total. The number of carbonyl (C=O) groups excluding carboxylic acids is 2. The van der Waals surface area contributed by atoms with Crippen molar-refractivity contribution < 1.29 is 19.1 Å². The van der Waals surface area contributed by atoms with Crippen LogP contribution in [-0.2, 0) is 0 Å². The van der Waals surface area contributed by atoms with Crippen molar-refractivity contribution in [2.75, 3.05) is 5.32 Å². The maximum absolute atomic E-state index is 11.8. The van der Waals surface area contributed by atoms with Crippen LogP contribution in [0.5, 0.6) is 0 Å². The van der Waals surface area contributed by atoms with E-state index in [-0.39, 0.29) is 11.5 Å². The number of carboxylic acids is 1. The number of rotatable bonds is 3. The highest BCUT2D eigenvalue weighted by Crippen LogP contribution is 2.14. The van der Waals surface area contributed by atoms with Gasteiger partial charge in [0, 0.05) is 5.69 Å². The lowest BCUT2D eigenvalue weighted by Crippen LogP contribution is -2.22. The molecule has 1 aromatic carbocycles. The van der Waals surface area contributed by atoms with Gasteiger partial charge in [-0.2, -0.15) is 0 Å². The molecule has 18 heavy (non-hydrogen) atoms. The minimum absolute atomic E-state index is 0.0108. The molecule has 0 aliphatic heterocycles. The molecule has 92 valence electrons. The lowest BCUT2D eigenvalue weighted by atomic mass is 10.2. The second-order valence-electron chi connectivity index (χ2n) is 3.71. The summed E-state index contributed by atoms with van der Waals surface area (Å²) in [6, 6.07) is 7.41. The van der Waals surface area contributed by atoms with Crippen molar-refractivity contribution in [3.05, 3.63) is 53.5 Å². The number of benzene rings is 1. The van der Waals surface area contributed by atoms with Gasteiger partial charge in [0.25, 0.3) is 5.91 Å². The van der Waals surface area contributed by atoms with Gasteiger partial charge in [-0.25, -0.2) is 0 Å². The Hall–Kier alpha value is -2.56. The fourth-order valence-corrected chi connectivity index (χ4v) is 1.54. The van der Waals surface area contributed by atoms with Crippen LogP contribution < -0.4 is 10.4 Å². The number of hydrogen-bond acceptors (Lipinski definition) is 4. The van der Waals surface area contributed by atoms with E-state index in [0.29, 0.717) is 17.0 Å². The molecule has 0 fully saturated rings. The summed E-state index contributed by atoms with van der Waals surface area (Å²) in [4.78, 5) is 22.5. The summed E-state index contributed by atoms with van der Waals surface area (Å²) >= 11 is 0. The topological polar surface area (TPSA) is 82.4 Å². The lowest BCUT2D eigenvalue weighted by Gasteiger charge is -2.07. The van der Waals surface area contributed by atoms with Crippen LogP contribution in [0, 0.1) is 6.92 Å². The number of amides is 1. The third kappa shape index (κ3) is 2.40. The van der Waals surface area contributed by atoms with E-state index in [4.69, 9.17) is 4.42 Å². The van der Waals surface area contributed by atoms with Crippen LogP contribution in [0.1, 0.15) is 26.5 Å². The van der Waals surface area contributed by atoms with Crippen molar-refractivity contribution in [1.29, 1.82) is 0 Å². The summed E-state index contributed by atoms with van der Waals surface area (Å²) in [7, 11) is 0. The maximum atomic E-state index is 11.8. The first-order valence-corrected chi connectivity index (χ1v) is 5.25. The highest BCUT2D eigenvalue weighted by Gasteiger charge is 2.11. The molecule has 0 aliphatic carbocycles. The Morgan fingerprint density at radius 3 is 2.67 bits per heavy atom. The van der Waals surface area contributed by atoms with E-state index in [1.807, 2.05) is 0 Å². The van der Waals surface area contributed by atoms with Crippen molar-refractivity contribution >= 4 is 17.6 Å². The lowest BCUT2D eigenvalue weighted by molar-refractivity contribution is -0.255. The highest BCUT2D eigenvalue weighted by molar-refractivity contribution is 6.05. The average molecular weight is 244 g/mol. The van der Waals surface area contributed by atoms with Gasteiger partial charge in [0.1, 0.15) is 5.76 Å². The van der Waals surface area contributed by atoms with E-state index in [1.54, 1.807) is 19.1 Å². The fourth-order valence-electron chi connectivity index (χ4n) is 1.54. The predicted octanol–water partition coefficient (Wildman–Crippen LogP) is 1.20. The molecule has 0 radical (unpaired) electrons. The van der Waals surface area contributed by atoms with Crippen LogP contribution in [0.15, 0.2) is 41.0 Å². The number of nitrogens with one attached hydrogen (secondary N) is 1. The Bertz CT molecular complexity index is 601. The zero-order valence-electron chi connectivity index (χ0n) is 9.60. The Morgan fingerprint density at radius 1 is 1.28 bits per heavy atom. The van der Waals surface area contributed by atoms with Gasteiger partial charge in [-0.15, -0.1) is 0 Å². The third-order valence-electron chi connectivity index (χ3n) is 2.46. The van der Waals surface area contributed by atoms with Crippen molar-refractivity contribution in [2.24, 2.45) is 0 Å². The molecular weight excluding hydrogens is 234 g/mol. The van der Waals surface area contributed by atoms with Gasteiger partial charge < -0.3 is 19.6 Å². The number of furan rings is 1. The summed E-state index contributed by atoms with van der Waals surface area (Å²) in [5, 5.41) is 13.3. The highest BCUT2D eigenvalue weighted by atomic mass is 16.4. The Kier molecular flexibility index (Phi) is 3.14. The largest absolute Gasteiger partial charge is 0.545 e. The number of anilines is 1. The molecule has 2 rings (SSSR count). The van der Waals surface area contributed by atoms with Gasteiger partial charge in [-0.3, -0.25) is 4.79 Å². The molecule has 0 unspecified atom stereocenters. The molecule has 1 aromatic heterocycles. The van der Waals surface area contributed by atoms with Gasteiger partial charge in [-0.1, -0.05) is 12.1 Å². The third-order valence-corrected chi connectivity index (χ3v) is 2.46. The van der Waals surface area contributed by atoms with Gasteiger partial charge in [0.2, 0.25) is 0 Å². The first-order chi connectivity index (χ1) is 8.58. The van der Waals surface area contributed by atoms with E-state index in [0.717, 1.165) is 0 Å². The van der Waals surface area contributed by atoms with Gasteiger partial charge >= 0.3 is 0 Å². The summed E-state index contributed by atoms with van der Waals surface area (Å²) in [5.41, 5.74) is 0.813. The van der Waals surface area contributed by atoms with E-state index >= 15 is 0 Å². The first kappa shape index (κ1) is 11.9. The van der Waals surface area contributed by atoms with Crippen LogP contribution in [0.4, 0.5) is 5.69 Å². The SMILES string of the molecule is Cc1occc1C(=O)Nc1cccc(C(=O)[O-])c1. The molecule has 1 N–H and O–H groups in total. The summed E-state index contributed by atoms with van der Waals surface area (Å²) < 4.78 is 5.02. The van der Waals surface area contributed by atoms with Crippen LogP contribution in [0.2, 0.25) is 0 Å². The van der Waals surface area contributed by atoms with Crippen LogP contribution in [0.3, 0.4) is 0 Å². The van der Waals surface area contributed by atoms with Crippen molar-refractivity contribution in [3.8, 4) is 0 Å². The molecule has 1 amide bonds. The van der Waals surface area contributed by atoms with Crippen molar-refractivity contribution in [1.82, 2.24) is 0 Å². The normalized spacial score (nSPS) is 10.1. The second kappa shape index (κ2) is 4.75. The number of aromatic carboxylic acids is 1. The molecule has 2 aromatic rings. The summed E-state index contributed by atoms with van der Waals surface area (Å²) in [6.45, 7) is 1.67. The van der Waals surface area contributed by atoms with Gasteiger partial charge in [0.15, 0.2) is 0 Å². The Labute approximate surface area is 103 Å². The van der Waals surface area contributed by atoms with E-state index in [1.165, 1.54) is 24.5 Å². The summed E-state index contributed by atoms with van der Waals surface area (Å²) in [5.74, 6) is -1.13. The molecule has 0 atom stereocenters. The predicted molar refractivity (Wildman–Crippen MR) is 62.2 cm³/mol. The second-order valence-corrected chi connectivity index (χ2v) is 3.71. The molecular formula is C13H10NO4-. The monoisotopic (exact) mass is 244 g/mol. The smallest absolute Gasteiger partial charge is 0.259 e. The fraction of sp³-hybridized carbons (Fsp3) is 0.0769. The standard InChI is InChI=1S/C13H11NO4/c1-8-11(5-6-18-8)12(15)14-10-4-2-3-9(7-10)13(16)17/h2-7H,1H3,(H,14,15)(H,16,17)/p-1. The Balaban J connectivity index is 2.20. The zero-order chi connectivity index (χ0) is 13.1. The molecule has 0 saturated carbocycles. The van der Waals surface area contributed by atoms with Gasteiger partial charge in [0.05, 0.1) is 17.8 Å². The molecule has 0 aliphatic rings. The minimum atomic E-state index is -1.29. The van der Waals surface area contributed by atoms with E-state index in [9.17, 15) is 14.7 Å². The molecule has 1 heterocycles. The molecule has 0 bridgehead atoms. The first-order valence-electron chi connectivity index (χ1n) is 5.25. The maximum Gasteiger partial charge on any atom is 0.259 e. The van der Waals surface area contributed by atoms with Crippen LogP contribution >= 0.6 is 0 Å². The number of hydrogen-bond donors (Lipinski definition) is 1. The number of carbonyl (C=O) groups is 2.